The summed E-state index contributed by atoms with van der Waals surface area (Å²) < 4.78 is 32.7. The van der Waals surface area contributed by atoms with Crippen molar-refractivity contribution in [2.75, 3.05) is 6.61 Å². The van der Waals surface area contributed by atoms with E-state index in [4.69, 9.17) is 4.74 Å². The number of para-hydroxylation sites is 2. The maximum atomic E-state index is 13.9. The van der Waals surface area contributed by atoms with Crippen molar-refractivity contribution in [1.29, 1.82) is 0 Å². The summed E-state index contributed by atoms with van der Waals surface area (Å²) in [7, 11) is 0. The highest BCUT2D eigenvalue weighted by Gasteiger charge is 2.35. The quantitative estimate of drug-likeness (QED) is 0.349. The summed E-state index contributed by atoms with van der Waals surface area (Å²) in [4.78, 5) is 54.8. The number of halogens is 2. The van der Waals surface area contributed by atoms with Gasteiger partial charge in [-0.3, -0.25) is 19.2 Å². The molecule has 0 aliphatic heterocycles. The van der Waals surface area contributed by atoms with E-state index in [9.17, 15) is 33.1 Å². The molecule has 3 N–H and O–H groups in total. The largest absolute Gasteiger partial charge is 0.481 e. The number of pyridine rings is 1. The number of benzene rings is 2. The van der Waals surface area contributed by atoms with Crippen LogP contribution in [0.1, 0.15) is 31.3 Å². The SMILES string of the molecule is CC(C)C(NC(=O)c1ccc2ccccc2n1)C(=O)NC(C(=O)COc1c(F)cccc1F)C(C)C(=O)O. The van der Waals surface area contributed by atoms with E-state index in [1.807, 2.05) is 12.1 Å². The molecule has 2 aromatic carbocycles. The van der Waals surface area contributed by atoms with Crippen LogP contribution in [0.5, 0.6) is 5.75 Å². The third kappa shape index (κ3) is 6.67. The number of aromatic nitrogens is 1. The van der Waals surface area contributed by atoms with Crippen LogP contribution in [0, 0.1) is 23.5 Å². The monoisotopic (exact) mass is 527 g/mol. The molecule has 3 atom stereocenters. The van der Waals surface area contributed by atoms with Crippen molar-refractivity contribution >= 4 is 34.5 Å². The number of aliphatic carboxylic acids is 1. The van der Waals surface area contributed by atoms with E-state index in [0.29, 0.717) is 5.52 Å². The van der Waals surface area contributed by atoms with Crippen LogP contribution in [0.4, 0.5) is 8.78 Å². The van der Waals surface area contributed by atoms with Crippen LogP contribution >= 0.6 is 0 Å². The van der Waals surface area contributed by atoms with Crippen molar-refractivity contribution in [2.45, 2.75) is 32.9 Å². The fraction of sp³-hybridized carbons (Fsp3) is 0.296. The molecule has 0 spiro atoms. The molecule has 0 radical (unpaired) electrons. The molecule has 3 rings (SSSR count). The minimum atomic E-state index is -1.60. The Morgan fingerprint density at radius 1 is 0.895 bits per heavy atom. The molecule has 0 aliphatic rings. The summed E-state index contributed by atoms with van der Waals surface area (Å²) in [6.07, 6.45) is 0. The Bertz CT molecular complexity index is 1340. The summed E-state index contributed by atoms with van der Waals surface area (Å²) in [6, 6.07) is 10.6. The minimum Gasteiger partial charge on any atom is -0.481 e. The number of amides is 2. The number of rotatable bonds is 11. The van der Waals surface area contributed by atoms with Gasteiger partial charge in [0.25, 0.3) is 5.91 Å². The summed E-state index contributed by atoms with van der Waals surface area (Å²) >= 11 is 0. The highest BCUT2D eigenvalue weighted by molar-refractivity contribution is 5.99. The van der Waals surface area contributed by atoms with Crippen LogP contribution in [0.3, 0.4) is 0 Å². The van der Waals surface area contributed by atoms with Crippen LogP contribution in [0.25, 0.3) is 10.9 Å². The number of carboxylic acids is 1. The van der Waals surface area contributed by atoms with Gasteiger partial charge < -0.3 is 20.5 Å². The smallest absolute Gasteiger partial charge is 0.308 e. The number of ether oxygens (including phenoxy) is 1. The van der Waals surface area contributed by atoms with Crippen molar-refractivity contribution in [3.8, 4) is 5.75 Å². The first kappa shape index (κ1) is 28.2. The molecule has 0 aliphatic carbocycles. The van der Waals surface area contributed by atoms with Crippen LogP contribution in [0.2, 0.25) is 0 Å². The van der Waals surface area contributed by atoms with Crippen molar-refractivity contribution in [3.05, 3.63) is 71.9 Å². The normalized spacial score (nSPS) is 13.4. The van der Waals surface area contributed by atoms with Crippen molar-refractivity contribution < 1.29 is 37.8 Å². The van der Waals surface area contributed by atoms with Gasteiger partial charge in [-0.25, -0.2) is 13.8 Å². The van der Waals surface area contributed by atoms with Gasteiger partial charge in [0.1, 0.15) is 24.4 Å². The maximum absolute atomic E-state index is 13.9. The predicted octanol–water partition coefficient (Wildman–Crippen LogP) is 3.12. The molecular weight excluding hydrogens is 500 g/mol. The van der Waals surface area contributed by atoms with Crippen LogP contribution in [0.15, 0.2) is 54.6 Å². The average Bonchev–Trinajstić information content (AvgIpc) is 2.88. The first-order valence-corrected chi connectivity index (χ1v) is 11.8. The van der Waals surface area contributed by atoms with Gasteiger partial charge in [-0.2, -0.15) is 0 Å². The predicted molar refractivity (Wildman–Crippen MR) is 133 cm³/mol. The molecule has 11 heteroatoms. The maximum Gasteiger partial charge on any atom is 0.308 e. The zero-order valence-corrected chi connectivity index (χ0v) is 20.9. The molecule has 9 nitrogen and oxygen atoms in total. The van der Waals surface area contributed by atoms with E-state index >= 15 is 0 Å². The van der Waals surface area contributed by atoms with Gasteiger partial charge in [0.15, 0.2) is 23.2 Å². The zero-order valence-electron chi connectivity index (χ0n) is 20.9. The van der Waals surface area contributed by atoms with Gasteiger partial charge in [-0.1, -0.05) is 44.2 Å². The first-order chi connectivity index (χ1) is 18.0. The van der Waals surface area contributed by atoms with Crippen molar-refractivity contribution in [1.82, 2.24) is 15.6 Å². The zero-order chi connectivity index (χ0) is 28.0. The highest BCUT2D eigenvalue weighted by atomic mass is 19.1. The van der Waals surface area contributed by atoms with Crippen LogP contribution in [-0.4, -0.2) is 52.3 Å². The molecule has 38 heavy (non-hydrogen) atoms. The molecule has 200 valence electrons. The first-order valence-electron chi connectivity index (χ1n) is 11.8. The lowest BCUT2D eigenvalue weighted by atomic mass is 9.96. The van der Waals surface area contributed by atoms with Crippen molar-refractivity contribution in [2.24, 2.45) is 11.8 Å². The summed E-state index contributed by atoms with van der Waals surface area (Å²) in [5.41, 5.74) is 0.645. The molecule has 3 unspecified atom stereocenters. The Kier molecular flexibility index (Phi) is 9.06. The summed E-state index contributed by atoms with van der Waals surface area (Å²) in [5.74, 6) is -8.56. The fourth-order valence-electron chi connectivity index (χ4n) is 3.67. The van der Waals surface area contributed by atoms with Gasteiger partial charge in [-0.05, 0) is 37.1 Å². The number of nitrogens with zero attached hydrogens (tertiary/aromatic N) is 1. The number of carboxylic acid groups (broad SMARTS) is 1. The molecule has 3 aromatic rings. The topological polar surface area (TPSA) is 135 Å². The second kappa shape index (κ2) is 12.2. The van der Waals surface area contributed by atoms with E-state index in [0.717, 1.165) is 23.6 Å². The second-order valence-electron chi connectivity index (χ2n) is 9.00. The van der Waals surface area contributed by atoms with Crippen LogP contribution < -0.4 is 15.4 Å². The molecule has 0 saturated carbocycles. The lowest BCUT2D eigenvalue weighted by Gasteiger charge is -2.26. The average molecular weight is 528 g/mol. The number of fused-ring (bicyclic) bond motifs is 1. The second-order valence-corrected chi connectivity index (χ2v) is 9.00. The molecule has 1 aromatic heterocycles. The Labute approximate surface area is 217 Å². The Balaban J connectivity index is 1.76. The van der Waals surface area contributed by atoms with Gasteiger partial charge in [0.2, 0.25) is 5.91 Å². The lowest BCUT2D eigenvalue weighted by Crippen LogP contribution is -2.56. The molecule has 0 fully saturated rings. The van der Waals surface area contributed by atoms with E-state index < -0.39 is 71.5 Å². The van der Waals surface area contributed by atoms with E-state index in [2.05, 4.69) is 15.6 Å². The summed E-state index contributed by atoms with van der Waals surface area (Å²) in [5, 5.41) is 15.2. The molecule has 1 heterocycles. The van der Waals surface area contributed by atoms with E-state index in [-0.39, 0.29) is 5.69 Å². The van der Waals surface area contributed by atoms with E-state index in [1.54, 1.807) is 32.0 Å². The van der Waals surface area contributed by atoms with Crippen molar-refractivity contribution in [3.63, 3.8) is 0 Å². The van der Waals surface area contributed by atoms with E-state index in [1.165, 1.54) is 13.0 Å². The number of nitrogens with one attached hydrogen (secondary N) is 2. The summed E-state index contributed by atoms with van der Waals surface area (Å²) in [6.45, 7) is 3.59. The number of Topliss-reactive ketones (excluding diaryl/α,β-unsaturated/α-hetero) is 1. The van der Waals surface area contributed by atoms with Gasteiger partial charge in [-0.15, -0.1) is 0 Å². The standard InChI is InChI=1S/C27H27F2N3O6/c1-14(2)22(31-25(34)20-12-11-16-7-4-5-10-19(16)30-20)26(35)32-23(15(3)27(36)37)21(33)13-38-24-17(28)8-6-9-18(24)29/h4-12,14-15,22-23H,13H2,1-3H3,(H,31,34)(H,32,35)(H,36,37). The Morgan fingerprint density at radius 3 is 2.18 bits per heavy atom. The molecule has 0 bridgehead atoms. The van der Waals surface area contributed by atoms with Gasteiger partial charge in [0.05, 0.1) is 11.4 Å². The molecule has 2 amide bonds. The van der Waals surface area contributed by atoms with Crippen LogP contribution in [-0.2, 0) is 14.4 Å². The number of carbonyl (C=O) groups excluding carboxylic acids is 3. The third-order valence-electron chi connectivity index (χ3n) is 5.88. The fourth-order valence-corrected chi connectivity index (χ4v) is 3.67. The van der Waals surface area contributed by atoms with Gasteiger partial charge >= 0.3 is 5.97 Å². The number of hydrogen-bond donors (Lipinski definition) is 3. The highest BCUT2D eigenvalue weighted by Crippen LogP contribution is 2.21. The molecular formula is C27H27F2N3O6. The molecule has 0 saturated heterocycles. The number of carbonyl (C=O) groups is 4. The lowest BCUT2D eigenvalue weighted by molar-refractivity contribution is -0.145. The third-order valence-corrected chi connectivity index (χ3v) is 5.88. The Hall–Kier alpha value is -4.41. The number of ketones is 1. The minimum absolute atomic E-state index is 0.0639. The van der Waals surface area contributed by atoms with Gasteiger partial charge in [0, 0.05) is 5.39 Å². The number of hydrogen-bond acceptors (Lipinski definition) is 6. The Morgan fingerprint density at radius 2 is 1.55 bits per heavy atom.